The molecule has 0 radical (unpaired) electrons. The average molecular weight is 371 g/mol. The van der Waals surface area contributed by atoms with Gasteiger partial charge in [-0.05, 0) is 80.0 Å². The van der Waals surface area contributed by atoms with E-state index in [0.717, 1.165) is 17.8 Å². The van der Waals surface area contributed by atoms with Crippen molar-refractivity contribution < 1.29 is 5.11 Å². The summed E-state index contributed by atoms with van der Waals surface area (Å²) in [5.74, 6) is 3.19. The molecule has 3 fully saturated rings. The average Bonchev–Trinajstić information content (AvgIpc) is 3.13. The normalized spacial score (nSPS) is 39.6. The van der Waals surface area contributed by atoms with E-state index in [0.29, 0.717) is 17.3 Å². The van der Waals surface area contributed by atoms with Crippen LogP contribution in [-0.2, 0) is 0 Å². The lowest BCUT2D eigenvalue weighted by atomic mass is 9.70. The van der Waals surface area contributed by atoms with Crippen molar-refractivity contribution in [2.24, 2.45) is 35.0 Å². The van der Waals surface area contributed by atoms with Gasteiger partial charge in [-0.2, -0.15) is 0 Å². The molecule has 1 unspecified atom stereocenters. The molecule has 0 spiro atoms. The zero-order valence-electron chi connectivity index (χ0n) is 18.4. The first-order valence-electron chi connectivity index (χ1n) is 11.6. The Morgan fingerprint density at radius 1 is 0.963 bits per heavy atom. The van der Waals surface area contributed by atoms with E-state index >= 15 is 0 Å². The number of aliphatic hydroxyl groups excluding tert-OH is 1. The van der Waals surface area contributed by atoms with Crippen LogP contribution in [-0.4, -0.2) is 11.2 Å². The molecule has 0 bridgehead atoms. The molecule has 1 N–H and O–H groups in total. The first kappa shape index (κ1) is 20.9. The molecule has 1 heteroatoms. The van der Waals surface area contributed by atoms with Crippen LogP contribution in [0.1, 0.15) is 86.0 Å². The van der Waals surface area contributed by atoms with Gasteiger partial charge in [0.15, 0.2) is 0 Å². The predicted octanol–water partition coefficient (Wildman–Crippen LogP) is 7.08. The van der Waals surface area contributed by atoms with Crippen LogP contribution in [0, 0.1) is 35.0 Å². The maximum Gasteiger partial charge on any atom is 0.0743 e. The Hall–Kier alpha value is -0.820. The van der Waals surface area contributed by atoms with Gasteiger partial charge in [-0.1, -0.05) is 76.5 Å². The number of hydrogen-bond acceptors (Lipinski definition) is 1. The van der Waals surface area contributed by atoms with Gasteiger partial charge in [-0.15, -0.1) is 0 Å². The summed E-state index contributed by atoms with van der Waals surface area (Å²) in [6.45, 7) is 11.5. The van der Waals surface area contributed by atoms with Gasteiger partial charge in [0.25, 0.3) is 0 Å². The molecule has 0 saturated heterocycles. The fourth-order valence-electron chi connectivity index (χ4n) is 6.20. The minimum atomic E-state index is -0.305. The topological polar surface area (TPSA) is 20.2 Å². The van der Waals surface area contributed by atoms with Gasteiger partial charge in [-0.25, -0.2) is 0 Å². The molecule has 0 heterocycles. The lowest BCUT2D eigenvalue weighted by Gasteiger charge is -2.35. The van der Waals surface area contributed by atoms with E-state index in [1.807, 2.05) is 6.08 Å². The van der Waals surface area contributed by atoms with Crippen molar-refractivity contribution in [2.45, 2.75) is 92.1 Å². The van der Waals surface area contributed by atoms with Crippen LogP contribution in [0.5, 0.6) is 0 Å². The lowest BCUT2D eigenvalue weighted by molar-refractivity contribution is 0.158. The van der Waals surface area contributed by atoms with Crippen molar-refractivity contribution in [1.82, 2.24) is 0 Å². The molecule has 3 saturated carbocycles. The monoisotopic (exact) mass is 370 g/mol. The summed E-state index contributed by atoms with van der Waals surface area (Å²) in [5.41, 5.74) is 3.87. The van der Waals surface area contributed by atoms with Crippen molar-refractivity contribution in [2.75, 3.05) is 0 Å². The van der Waals surface area contributed by atoms with Gasteiger partial charge in [0.1, 0.15) is 0 Å². The highest BCUT2D eigenvalue weighted by Gasteiger charge is 2.52. The zero-order valence-corrected chi connectivity index (χ0v) is 18.4. The molecular weight excluding hydrogens is 328 g/mol. The number of allylic oxidation sites excluding steroid dienone is 5. The SMILES string of the molecule is CC(C)C(O)C=C[C@@H](C)[C@H]1CC[C@H]2C(=CC=C3CCCC[C@@H]3C)CC[C@]12C. The largest absolute Gasteiger partial charge is 0.389 e. The number of hydrogen-bond donors (Lipinski definition) is 1. The molecule has 0 aromatic heterocycles. The molecule has 3 rings (SSSR count). The number of rotatable bonds is 5. The van der Waals surface area contributed by atoms with Crippen molar-refractivity contribution >= 4 is 0 Å². The van der Waals surface area contributed by atoms with Crippen molar-refractivity contribution in [3.05, 3.63) is 35.5 Å². The maximum atomic E-state index is 10.1. The van der Waals surface area contributed by atoms with Crippen molar-refractivity contribution in [3.63, 3.8) is 0 Å². The Labute approximate surface area is 168 Å². The maximum absolute atomic E-state index is 10.1. The first-order chi connectivity index (χ1) is 12.8. The molecule has 0 aliphatic heterocycles. The molecule has 0 aromatic carbocycles. The van der Waals surface area contributed by atoms with Crippen LogP contribution in [0.15, 0.2) is 35.5 Å². The fraction of sp³-hybridized carbons (Fsp3) is 0.769. The standard InChI is InChI=1S/C26H42O/c1-18(2)25(27)15-10-20(4)23-13-14-24-22(16-17-26(23,24)5)12-11-21-9-7-6-8-19(21)3/h10-12,15,18-20,23-25,27H,6-9,13-14,16-17H2,1-5H3/t19-,20+,23+,24-,25?,26+/m0/s1. The van der Waals surface area contributed by atoms with Crippen LogP contribution in [0.25, 0.3) is 0 Å². The smallest absolute Gasteiger partial charge is 0.0743 e. The Bertz CT molecular complexity index is 595. The summed E-state index contributed by atoms with van der Waals surface area (Å²) < 4.78 is 0. The Balaban J connectivity index is 1.69. The van der Waals surface area contributed by atoms with E-state index in [-0.39, 0.29) is 6.10 Å². The van der Waals surface area contributed by atoms with Crippen LogP contribution < -0.4 is 0 Å². The van der Waals surface area contributed by atoms with Crippen molar-refractivity contribution in [3.8, 4) is 0 Å². The highest BCUT2D eigenvalue weighted by molar-refractivity contribution is 5.28. The highest BCUT2D eigenvalue weighted by Crippen LogP contribution is 2.61. The quantitative estimate of drug-likeness (QED) is 0.512. The third kappa shape index (κ3) is 4.44. The first-order valence-corrected chi connectivity index (χ1v) is 11.6. The van der Waals surface area contributed by atoms with Gasteiger partial charge in [0, 0.05) is 0 Å². The van der Waals surface area contributed by atoms with E-state index in [4.69, 9.17) is 0 Å². The molecular formula is C26H42O. The highest BCUT2D eigenvalue weighted by atomic mass is 16.3. The Kier molecular flexibility index (Phi) is 6.72. The van der Waals surface area contributed by atoms with Crippen LogP contribution in [0.2, 0.25) is 0 Å². The second-order valence-corrected chi connectivity index (χ2v) is 10.4. The number of fused-ring (bicyclic) bond motifs is 1. The third-order valence-corrected chi connectivity index (χ3v) is 8.24. The van der Waals surface area contributed by atoms with Gasteiger partial charge < -0.3 is 5.11 Å². The van der Waals surface area contributed by atoms with Gasteiger partial charge in [-0.3, -0.25) is 0 Å². The second-order valence-electron chi connectivity index (χ2n) is 10.4. The Morgan fingerprint density at radius 3 is 2.41 bits per heavy atom. The molecule has 6 atom stereocenters. The lowest BCUT2D eigenvalue weighted by Crippen LogP contribution is -2.28. The molecule has 3 aliphatic carbocycles. The molecule has 27 heavy (non-hydrogen) atoms. The summed E-state index contributed by atoms with van der Waals surface area (Å²) in [6, 6.07) is 0. The predicted molar refractivity (Wildman–Crippen MR) is 117 cm³/mol. The third-order valence-electron chi connectivity index (χ3n) is 8.24. The zero-order chi connectivity index (χ0) is 19.6. The second kappa shape index (κ2) is 8.68. The fourth-order valence-corrected chi connectivity index (χ4v) is 6.20. The van der Waals surface area contributed by atoms with Gasteiger partial charge >= 0.3 is 0 Å². The minimum Gasteiger partial charge on any atom is -0.389 e. The van der Waals surface area contributed by atoms with Crippen LogP contribution in [0.3, 0.4) is 0 Å². The number of aliphatic hydroxyl groups is 1. The summed E-state index contributed by atoms with van der Waals surface area (Å²) in [4.78, 5) is 0. The summed E-state index contributed by atoms with van der Waals surface area (Å²) in [6.07, 6.45) is 19.9. The van der Waals surface area contributed by atoms with Gasteiger partial charge in [0.2, 0.25) is 0 Å². The van der Waals surface area contributed by atoms with E-state index in [2.05, 4.69) is 52.8 Å². The molecule has 0 aromatic rings. The summed E-state index contributed by atoms with van der Waals surface area (Å²) in [5, 5.41) is 10.1. The molecule has 3 aliphatic rings. The van der Waals surface area contributed by atoms with E-state index in [1.54, 1.807) is 11.1 Å². The minimum absolute atomic E-state index is 0.302. The van der Waals surface area contributed by atoms with Crippen LogP contribution >= 0.6 is 0 Å². The van der Waals surface area contributed by atoms with Crippen molar-refractivity contribution in [1.29, 1.82) is 0 Å². The molecule has 1 nitrogen and oxygen atoms in total. The molecule has 0 amide bonds. The van der Waals surface area contributed by atoms with E-state index in [9.17, 15) is 5.11 Å². The Morgan fingerprint density at radius 2 is 1.70 bits per heavy atom. The molecule has 152 valence electrons. The van der Waals surface area contributed by atoms with E-state index in [1.165, 1.54) is 51.4 Å². The summed E-state index contributed by atoms with van der Waals surface area (Å²) >= 11 is 0. The van der Waals surface area contributed by atoms with Gasteiger partial charge in [0.05, 0.1) is 6.10 Å². The van der Waals surface area contributed by atoms with E-state index < -0.39 is 0 Å². The summed E-state index contributed by atoms with van der Waals surface area (Å²) in [7, 11) is 0. The van der Waals surface area contributed by atoms with Crippen LogP contribution in [0.4, 0.5) is 0 Å².